The van der Waals surface area contributed by atoms with E-state index in [4.69, 9.17) is 5.73 Å². The normalized spacial score (nSPS) is 17.8. The van der Waals surface area contributed by atoms with Crippen molar-refractivity contribution in [2.24, 2.45) is 5.73 Å². The molecule has 20 heavy (non-hydrogen) atoms. The summed E-state index contributed by atoms with van der Waals surface area (Å²) in [6.07, 6.45) is 1.83. The van der Waals surface area contributed by atoms with E-state index in [1.54, 1.807) is 11.0 Å². The van der Waals surface area contributed by atoms with Crippen molar-refractivity contribution in [1.82, 2.24) is 4.90 Å². The van der Waals surface area contributed by atoms with E-state index in [1.165, 1.54) is 0 Å². The second-order valence-electron chi connectivity index (χ2n) is 5.01. The fourth-order valence-electron chi connectivity index (χ4n) is 2.54. The fraction of sp³-hybridized carbons (Fsp3) is 0.438. The Balaban J connectivity index is 2.21. The van der Waals surface area contributed by atoms with Gasteiger partial charge in [-0.2, -0.15) is 0 Å². The van der Waals surface area contributed by atoms with E-state index in [-0.39, 0.29) is 18.6 Å². The minimum atomic E-state index is -0.0421. The highest BCUT2D eigenvalue weighted by Crippen LogP contribution is 2.20. The summed E-state index contributed by atoms with van der Waals surface area (Å²) in [5.74, 6) is 5.79. The van der Waals surface area contributed by atoms with Gasteiger partial charge in [-0.05, 0) is 43.5 Å². The monoisotopic (exact) mass is 272 g/mol. The van der Waals surface area contributed by atoms with Crippen molar-refractivity contribution in [3.05, 3.63) is 34.9 Å². The molecule has 2 rings (SSSR count). The van der Waals surface area contributed by atoms with Crippen molar-refractivity contribution in [1.29, 1.82) is 0 Å². The van der Waals surface area contributed by atoms with Gasteiger partial charge >= 0.3 is 0 Å². The molecule has 0 spiro atoms. The second kappa shape index (κ2) is 6.56. The number of likely N-dealkylation sites (tertiary alicyclic amines) is 1. The maximum Gasteiger partial charge on any atom is 0.254 e. The number of rotatable bonds is 2. The molecule has 1 amide bonds. The molecule has 1 saturated heterocycles. The number of hydrogen-bond acceptors (Lipinski definition) is 3. The third-order valence-electron chi connectivity index (χ3n) is 3.65. The third-order valence-corrected chi connectivity index (χ3v) is 3.65. The topological polar surface area (TPSA) is 66.6 Å². The van der Waals surface area contributed by atoms with Crippen LogP contribution in [0.25, 0.3) is 0 Å². The molecule has 0 bridgehead atoms. The van der Waals surface area contributed by atoms with Crippen LogP contribution >= 0.6 is 0 Å². The lowest BCUT2D eigenvalue weighted by Gasteiger charge is -2.23. The third kappa shape index (κ3) is 3.01. The lowest BCUT2D eigenvalue weighted by atomic mass is 10.0. The van der Waals surface area contributed by atoms with Crippen LogP contribution in [0.1, 0.15) is 34.3 Å². The van der Waals surface area contributed by atoms with Crippen molar-refractivity contribution in [3.8, 4) is 11.8 Å². The molecule has 0 aliphatic carbocycles. The minimum absolute atomic E-state index is 0.0111. The summed E-state index contributed by atoms with van der Waals surface area (Å²) in [5.41, 5.74) is 7.88. The molecule has 0 saturated carbocycles. The van der Waals surface area contributed by atoms with Gasteiger partial charge in [-0.3, -0.25) is 4.79 Å². The molecular weight excluding hydrogens is 252 g/mol. The number of aryl methyl sites for hydroxylation is 1. The summed E-state index contributed by atoms with van der Waals surface area (Å²) in [6.45, 7) is 3.01. The second-order valence-corrected chi connectivity index (χ2v) is 5.01. The van der Waals surface area contributed by atoms with Gasteiger partial charge in [-0.1, -0.05) is 11.8 Å². The van der Waals surface area contributed by atoms with Gasteiger partial charge in [0.1, 0.15) is 0 Å². The fourth-order valence-corrected chi connectivity index (χ4v) is 2.54. The first-order valence-corrected chi connectivity index (χ1v) is 6.88. The van der Waals surface area contributed by atoms with E-state index in [1.807, 2.05) is 19.1 Å². The van der Waals surface area contributed by atoms with Crippen molar-refractivity contribution in [2.75, 3.05) is 19.7 Å². The molecule has 1 heterocycles. The van der Waals surface area contributed by atoms with Gasteiger partial charge in [0.25, 0.3) is 5.91 Å². The molecule has 1 aromatic rings. The largest absolute Gasteiger partial charge is 0.394 e. The number of benzene rings is 1. The Morgan fingerprint density at radius 1 is 1.55 bits per heavy atom. The van der Waals surface area contributed by atoms with Crippen LogP contribution in [0.2, 0.25) is 0 Å². The molecule has 106 valence electrons. The maximum atomic E-state index is 12.5. The number of aliphatic hydroxyl groups is 1. The predicted octanol–water partition coefficient (Wildman–Crippen LogP) is 0.902. The zero-order valence-electron chi connectivity index (χ0n) is 11.7. The molecular formula is C16H20N2O2. The Morgan fingerprint density at radius 3 is 3.00 bits per heavy atom. The summed E-state index contributed by atoms with van der Waals surface area (Å²) in [4.78, 5) is 14.2. The predicted molar refractivity (Wildman–Crippen MR) is 78.3 cm³/mol. The quantitative estimate of drug-likeness (QED) is 0.786. The highest BCUT2D eigenvalue weighted by atomic mass is 16.3. The number of aliphatic hydroxyl groups excluding tert-OH is 1. The highest BCUT2D eigenvalue weighted by Gasteiger charge is 2.28. The summed E-state index contributed by atoms with van der Waals surface area (Å²) >= 11 is 0. The zero-order valence-corrected chi connectivity index (χ0v) is 11.7. The van der Waals surface area contributed by atoms with Gasteiger partial charge < -0.3 is 15.7 Å². The first-order chi connectivity index (χ1) is 9.67. The van der Waals surface area contributed by atoms with Gasteiger partial charge in [0.15, 0.2) is 0 Å². The average Bonchev–Trinajstić information content (AvgIpc) is 2.93. The van der Waals surface area contributed by atoms with Crippen LogP contribution in [0.4, 0.5) is 0 Å². The minimum Gasteiger partial charge on any atom is -0.394 e. The standard InChI is InChI=1S/C16H20N2O2/c1-12-10-14(7-6-13(12)4-2-8-17)16(20)18-9-3-5-15(18)11-19/h6-7,10,15,19H,3,5,8-9,11,17H2,1H3. The lowest BCUT2D eigenvalue weighted by molar-refractivity contribution is 0.0677. The number of nitrogens with two attached hydrogens (primary N) is 1. The van der Waals surface area contributed by atoms with Crippen LogP contribution < -0.4 is 5.73 Å². The van der Waals surface area contributed by atoms with Gasteiger partial charge in [0.05, 0.1) is 19.2 Å². The molecule has 1 aliphatic heterocycles. The SMILES string of the molecule is Cc1cc(C(=O)N2CCCC2CO)ccc1C#CCN. The summed E-state index contributed by atoms with van der Waals surface area (Å²) in [7, 11) is 0. The molecule has 1 unspecified atom stereocenters. The van der Waals surface area contributed by atoms with Crippen LogP contribution in [0.3, 0.4) is 0 Å². The summed E-state index contributed by atoms with van der Waals surface area (Å²) in [5, 5.41) is 9.30. The molecule has 0 aromatic heterocycles. The first-order valence-electron chi connectivity index (χ1n) is 6.88. The Bertz CT molecular complexity index is 557. The molecule has 1 aliphatic rings. The van der Waals surface area contributed by atoms with Gasteiger partial charge in [0, 0.05) is 17.7 Å². The van der Waals surface area contributed by atoms with Crippen molar-refractivity contribution < 1.29 is 9.90 Å². The van der Waals surface area contributed by atoms with E-state index in [2.05, 4.69) is 11.8 Å². The van der Waals surface area contributed by atoms with Crippen LogP contribution in [0, 0.1) is 18.8 Å². The maximum absolute atomic E-state index is 12.5. The summed E-state index contributed by atoms with van der Waals surface area (Å²) in [6, 6.07) is 5.47. The van der Waals surface area contributed by atoms with Crippen molar-refractivity contribution in [2.45, 2.75) is 25.8 Å². The Hall–Kier alpha value is -1.83. The molecule has 1 fully saturated rings. The smallest absolute Gasteiger partial charge is 0.254 e. The molecule has 4 heteroatoms. The zero-order chi connectivity index (χ0) is 14.5. The van der Waals surface area contributed by atoms with Crippen molar-refractivity contribution in [3.63, 3.8) is 0 Å². The Labute approximate surface area is 119 Å². The first kappa shape index (κ1) is 14.6. The van der Waals surface area contributed by atoms with E-state index in [0.717, 1.165) is 30.5 Å². The Kier molecular flexibility index (Phi) is 4.78. The van der Waals surface area contributed by atoms with Gasteiger partial charge in [-0.25, -0.2) is 0 Å². The number of nitrogens with zero attached hydrogens (tertiary/aromatic N) is 1. The van der Waals surface area contributed by atoms with Crippen LogP contribution in [0.5, 0.6) is 0 Å². The van der Waals surface area contributed by atoms with Gasteiger partial charge in [0.2, 0.25) is 0 Å². The van der Waals surface area contributed by atoms with Crippen LogP contribution in [0.15, 0.2) is 18.2 Å². The lowest BCUT2D eigenvalue weighted by Crippen LogP contribution is -2.37. The Morgan fingerprint density at radius 2 is 2.35 bits per heavy atom. The number of amides is 1. The van der Waals surface area contributed by atoms with Crippen molar-refractivity contribution >= 4 is 5.91 Å². The summed E-state index contributed by atoms with van der Waals surface area (Å²) < 4.78 is 0. The molecule has 1 atom stereocenters. The molecule has 1 aromatic carbocycles. The highest BCUT2D eigenvalue weighted by molar-refractivity contribution is 5.95. The van der Waals surface area contributed by atoms with Crippen LogP contribution in [-0.4, -0.2) is 41.7 Å². The average molecular weight is 272 g/mol. The van der Waals surface area contributed by atoms with E-state index in [9.17, 15) is 9.90 Å². The van der Waals surface area contributed by atoms with E-state index < -0.39 is 0 Å². The van der Waals surface area contributed by atoms with Crippen LogP contribution in [-0.2, 0) is 0 Å². The van der Waals surface area contributed by atoms with E-state index >= 15 is 0 Å². The number of carbonyl (C=O) groups is 1. The number of hydrogen-bond donors (Lipinski definition) is 2. The number of carbonyl (C=O) groups excluding carboxylic acids is 1. The van der Waals surface area contributed by atoms with E-state index in [0.29, 0.717) is 12.1 Å². The molecule has 3 N–H and O–H groups in total. The molecule has 4 nitrogen and oxygen atoms in total. The molecule has 0 radical (unpaired) electrons. The van der Waals surface area contributed by atoms with Gasteiger partial charge in [-0.15, -0.1) is 0 Å².